The van der Waals surface area contributed by atoms with Crippen LogP contribution in [0.5, 0.6) is 5.75 Å². The summed E-state index contributed by atoms with van der Waals surface area (Å²) in [6.07, 6.45) is 4.27. The van der Waals surface area contributed by atoms with E-state index in [0.29, 0.717) is 16.5 Å². The largest absolute Gasteiger partial charge is 0.497 e. The molecule has 0 saturated heterocycles. The van der Waals surface area contributed by atoms with Crippen molar-refractivity contribution >= 4 is 27.3 Å². The Kier molecular flexibility index (Phi) is 5.64. The van der Waals surface area contributed by atoms with Gasteiger partial charge in [-0.15, -0.1) is 16.2 Å². The Morgan fingerprint density at radius 1 is 1.31 bits per heavy atom. The molecule has 1 aromatic carbocycles. The molecule has 1 aliphatic rings. The molecule has 2 N–H and O–H groups in total. The zero-order chi connectivity index (χ0) is 18.7. The van der Waals surface area contributed by atoms with Crippen LogP contribution in [-0.4, -0.2) is 21.4 Å². The first-order valence-corrected chi connectivity index (χ1v) is 10.8. The van der Waals surface area contributed by atoms with E-state index in [1.807, 2.05) is 6.07 Å². The van der Waals surface area contributed by atoms with Crippen molar-refractivity contribution in [2.45, 2.75) is 37.5 Å². The number of thiophene rings is 1. The van der Waals surface area contributed by atoms with Gasteiger partial charge in [-0.05, 0) is 61.1 Å². The minimum Gasteiger partial charge on any atom is -0.497 e. The van der Waals surface area contributed by atoms with Crippen molar-refractivity contribution in [3.8, 4) is 5.75 Å². The fourth-order valence-electron chi connectivity index (χ4n) is 3.05. The first kappa shape index (κ1) is 18.9. The number of amides is 1. The number of hydrogen-bond donors (Lipinski definition) is 2. The second-order valence-corrected chi connectivity index (χ2v) is 9.13. The van der Waals surface area contributed by atoms with Gasteiger partial charge in [-0.1, -0.05) is 13.3 Å². The lowest BCUT2D eigenvalue weighted by atomic mass is 9.87. The number of carbonyl (C=O) groups excluding carboxylic acids is 1. The van der Waals surface area contributed by atoms with Gasteiger partial charge in [0, 0.05) is 4.88 Å². The Morgan fingerprint density at radius 2 is 2.04 bits per heavy atom. The lowest BCUT2D eigenvalue weighted by Gasteiger charge is -2.19. The number of ether oxygens (including phenoxy) is 1. The normalized spacial score (nSPS) is 16.8. The maximum absolute atomic E-state index is 12.3. The zero-order valence-corrected chi connectivity index (χ0v) is 16.4. The third-order valence-corrected chi connectivity index (χ3v) is 7.15. The quantitative estimate of drug-likeness (QED) is 0.738. The summed E-state index contributed by atoms with van der Waals surface area (Å²) in [7, 11) is -2.33. The topological polar surface area (TPSA) is 84.5 Å². The van der Waals surface area contributed by atoms with E-state index in [-0.39, 0.29) is 4.90 Å². The summed E-state index contributed by atoms with van der Waals surface area (Å²) in [6.45, 7) is 2.18. The SMILES string of the molecule is CC[C@@H]1CCc2sc(C(=O)NNS(=O)(=O)c3ccc(OC)cc3)cc2C1. The van der Waals surface area contributed by atoms with Crippen LogP contribution in [0.25, 0.3) is 0 Å². The van der Waals surface area contributed by atoms with E-state index in [1.165, 1.54) is 41.0 Å². The molecule has 1 aliphatic carbocycles. The van der Waals surface area contributed by atoms with E-state index in [0.717, 1.165) is 25.7 Å². The van der Waals surface area contributed by atoms with Crippen LogP contribution in [0.1, 0.15) is 39.9 Å². The smallest absolute Gasteiger partial charge is 0.276 e. The molecule has 0 fully saturated rings. The Balaban J connectivity index is 1.66. The van der Waals surface area contributed by atoms with Crippen LogP contribution in [0.15, 0.2) is 35.2 Å². The highest BCUT2D eigenvalue weighted by molar-refractivity contribution is 7.89. The fraction of sp³-hybridized carbons (Fsp3) is 0.389. The monoisotopic (exact) mass is 394 g/mol. The second-order valence-electron chi connectivity index (χ2n) is 6.31. The number of nitrogens with one attached hydrogen (secondary N) is 2. The summed E-state index contributed by atoms with van der Waals surface area (Å²) in [5.41, 5.74) is 3.52. The van der Waals surface area contributed by atoms with Gasteiger partial charge in [-0.25, -0.2) is 8.42 Å². The first-order valence-electron chi connectivity index (χ1n) is 8.50. The van der Waals surface area contributed by atoms with Crippen molar-refractivity contribution in [3.63, 3.8) is 0 Å². The molecular formula is C18H22N2O4S2. The summed E-state index contributed by atoms with van der Waals surface area (Å²) in [6, 6.07) is 7.82. The maximum Gasteiger partial charge on any atom is 0.276 e. The van der Waals surface area contributed by atoms with E-state index in [2.05, 4.69) is 17.2 Å². The number of benzene rings is 1. The number of fused-ring (bicyclic) bond motifs is 1. The van der Waals surface area contributed by atoms with Gasteiger partial charge >= 0.3 is 0 Å². The standard InChI is InChI=1S/C18H22N2O4S2/c1-3-12-4-9-16-13(10-12)11-17(25-16)18(21)19-20-26(22,23)15-7-5-14(24-2)6-8-15/h5-8,11-12,20H,3-4,9-10H2,1-2H3,(H,19,21)/t12-/m1/s1. The Morgan fingerprint density at radius 3 is 2.69 bits per heavy atom. The summed E-state index contributed by atoms with van der Waals surface area (Å²) in [5, 5.41) is 0. The van der Waals surface area contributed by atoms with Crippen molar-refractivity contribution in [1.29, 1.82) is 0 Å². The third kappa shape index (κ3) is 4.08. The average molecular weight is 395 g/mol. The summed E-state index contributed by atoms with van der Waals surface area (Å²) < 4.78 is 29.6. The van der Waals surface area contributed by atoms with Crippen LogP contribution in [0.4, 0.5) is 0 Å². The predicted molar refractivity (Wildman–Crippen MR) is 101 cm³/mol. The Bertz CT molecular complexity index is 888. The van der Waals surface area contributed by atoms with Crippen LogP contribution >= 0.6 is 11.3 Å². The minimum absolute atomic E-state index is 0.0508. The lowest BCUT2D eigenvalue weighted by molar-refractivity contribution is 0.0949. The van der Waals surface area contributed by atoms with Crippen LogP contribution in [0.3, 0.4) is 0 Å². The maximum atomic E-state index is 12.3. The van der Waals surface area contributed by atoms with Gasteiger partial charge in [0.2, 0.25) is 0 Å². The molecule has 1 amide bonds. The zero-order valence-electron chi connectivity index (χ0n) is 14.7. The van der Waals surface area contributed by atoms with Gasteiger partial charge < -0.3 is 4.74 Å². The molecule has 3 rings (SSSR count). The van der Waals surface area contributed by atoms with Crippen molar-refractivity contribution in [3.05, 3.63) is 45.6 Å². The summed E-state index contributed by atoms with van der Waals surface area (Å²) in [4.78, 5) is 16.3. The molecule has 8 heteroatoms. The molecule has 2 aromatic rings. The predicted octanol–water partition coefficient (Wildman–Crippen LogP) is 2.89. The van der Waals surface area contributed by atoms with Crippen LogP contribution in [0.2, 0.25) is 0 Å². The van der Waals surface area contributed by atoms with Crippen molar-refractivity contribution < 1.29 is 17.9 Å². The van der Waals surface area contributed by atoms with Gasteiger partial charge in [0.25, 0.3) is 15.9 Å². The average Bonchev–Trinajstić information content (AvgIpc) is 3.09. The molecule has 1 heterocycles. The molecular weight excluding hydrogens is 372 g/mol. The van der Waals surface area contributed by atoms with E-state index < -0.39 is 15.9 Å². The molecule has 0 aliphatic heterocycles. The van der Waals surface area contributed by atoms with Crippen molar-refractivity contribution in [2.75, 3.05) is 7.11 Å². The molecule has 26 heavy (non-hydrogen) atoms. The molecule has 140 valence electrons. The highest BCUT2D eigenvalue weighted by atomic mass is 32.2. The fourth-order valence-corrected chi connectivity index (χ4v) is 4.99. The van der Waals surface area contributed by atoms with Crippen LogP contribution < -0.4 is 15.0 Å². The number of rotatable bonds is 6. The van der Waals surface area contributed by atoms with Crippen molar-refractivity contribution in [1.82, 2.24) is 10.3 Å². The summed E-state index contributed by atoms with van der Waals surface area (Å²) in [5.74, 6) is 0.790. The number of sulfonamides is 1. The Labute approximate surface area is 157 Å². The van der Waals surface area contributed by atoms with Gasteiger partial charge in [0.05, 0.1) is 16.9 Å². The third-order valence-electron chi connectivity index (χ3n) is 4.65. The minimum atomic E-state index is -3.84. The van der Waals surface area contributed by atoms with Gasteiger partial charge in [0.15, 0.2) is 0 Å². The van der Waals surface area contributed by atoms with Crippen LogP contribution in [-0.2, 0) is 22.9 Å². The number of carbonyl (C=O) groups is 1. The van der Waals surface area contributed by atoms with Gasteiger partial charge in [-0.2, -0.15) is 0 Å². The number of methoxy groups -OCH3 is 1. The summed E-state index contributed by atoms with van der Waals surface area (Å²) >= 11 is 1.44. The molecule has 0 saturated carbocycles. The van der Waals surface area contributed by atoms with E-state index in [4.69, 9.17) is 4.74 Å². The number of aryl methyl sites for hydroxylation is 1. The van der Waals surface area contributed by atoms with Crippen molar-refractivity contribution in [2.24, 2.45) is 5.92 Å². The highest BCUT2D eigenvalue weighted by Crippen LogP contribution is 2.33. The van der Waals surface area contributed by atoms with Gasteiger partial charge in [0.1, 0.15) is 5.75 Å². The first-order chi connectivity index (χ1) is 12.4. The molecule has 0 bridgehead atoms. The molecule has 1 aromatic heterocycles. The van der Waals surface area contributed by atoms with E-state index in [9.17, 15) is 13.2 Å². The van der Waals surface area contributed by atoms with E-state index in [1.54, 1.807) is 12.1 Å². The number of hydrazine groups is 1. The molecule has 1 atom stereocenters. The second kappa shape index (κ2) is 7.77. The molecule has 0 radical (unpaired) electrons. The van der Waals surface area contributed by atoms with E-state index >= 15 is 0 Å². The highest BCUT2D eigenvalue weighted by Gasteiger charge is 2.23. The van der Waals surface area contributed by atoms with Gasteiger partial charge in [-0.3, -0.25) is 10.2 Å². The number of hydrogen-bond acceptors (Lipinski definition) is 5. The molecule has 6 nitrogen and oxygen atoms in total. The lowest BCUT2D eigenvalue weighted by Crippen LogP contribution is -2.41. The van der Waals surface area contributed by atoms with Crippen LogP contribution in [0, 0.1) is 5.92 Å². The Hall–Kier alpha value is -1.90. The molecule has 0 unspecified atom stereocenters. The molecule has 0 spiro atoms.